The van der Waals surface area contributed by atoms with Crippen molar-refractivity contribution in [1.29, 1.82) is 0 Å². The van der Waals surface area contributed by atoms with Crippen molar-refractivity contribution in [3.05, 3.63) is 47.4 Å². The first kappa shape index (κ1) is 10.4. The van der Waals surface area contributed by atoms with E-state index < -0.39 is 11.7 Å². The number of carbonyl (C=O) groups excluding carboxylic acids is 1. The number of amides is 1. The number of carbonyl (C=O) groups is 1. The molecule has 0 aliphatic heterocycles. The van der Waals surface area contributed by atoms with E-state index in [1.165, 1.54) is 12.3 Å². The molecule has 0 aliphatic carbocycles. The Bertz CT molecular complexity index is 488. The van der Waals surface area contributed by atoms with E-state index in [9.17, 15) is 9.18 Å². The summed E-state index contributed by atoms with van der Waals surface area (Å²) < 4.78 is 13.4. The van der Waals surface area contributed by atoms with E-state index in [4.69, 9.17) is 0 Å². The average molecular weight is 219 g/mol. The number of hydrogen-bond acceptors (Lipinski definition) is 2. The fourth-order valence-corrected chi connectivity index (χ4v) is 1.43. The normalized spacial score (nSPS) is 10.1. The van der Waals surface area contributed by atoms with Gasteiger partial charge in [0.05, 0.1) is 11.8 Å². The molecule has 0 atom stereocenters. The topological polar surface area (TPSA) is 57.8 Å². The number of aryl methyl sites for hydroxylation is 1. The molecule has 0 unspecified atom stereocenters. The van der Waals surface area contributed by atoms with Crippen LogP contribution in [0.2, 0.25) is 0 Å². The number of rotatable bonds is 2. The van der Waals surface area contributed by atoms with Crippen molar-refractivity contribution >= 4 is 11.7 Å². The van der Waals surface area contributed by atoms with Gasteiger partial charge in [-0.2, -0.15) is 5.10 Å². The summed E-state index contributed by atoms with van der Waals surface area (Å²) in [4.78, 5) is 11.8. The summed E-state index contributed by atoms with van der Waals surface area (Å²) >= 11 is 0. The highest BCUT2D eigenvalue weighted by molar-refractivity contribution is 6.04. The van der Waals surface area contributed by atoms with Gasteiger partial charge < -0.3 is 5.32 Å². The molecule has 0 radical (unpaired) electrons. The smallest absolute Gasteiger partial charge is 0.260 e. The molecule has 0 spiro atoms. The predicted molar refractivity (Wildman–Crippen MR) is 57.7 cm³/mol. The SMILES string of the molecule is Cc1cccc(F)c1C(=O)Nc1ccn[nH]1. The van der Waals surface area contributed by atoms with Crippen LogP contribution < -0.4 is 5.32 Å². The third-order valence-electron chi connectivity index (χ3n) is 2.20. The number of anilines is 1. The van der Waals surface area contributed by atoms with Crippen LogP contribution in [0.1, 0.15) is 15.9 Å². The second kappa shape index (κ2) is 4.14. The summed E-state index contributed by atoms with van der Waals surface area (Å²) in [6, 6.07) is 6.10. The second-order valence-electron chi connectivity index (χ2n) is 3.36. The maximum Gasteiger partial charge on any atom is 0.260 e. The third kappa shape index (κ3) is 1.93. The van der Waals surface area contributed by atoms with Gasteiger partial charge in [-0.15, -0.1) is 0 Å². The quantitative estimate of drug-likeness (QED) is 0.812. The summed E-state index contributed by atoms with van der Waals surface area (Å²) in [6.45, 7) is 1.69. The van der Waals surface area contributed by atoms with Crippen molar-refractivity contribution < 1.29 is 9.18 Å². The Balaban J connectivity index is 2.28. The van der Waals surface area contributed by atoms with Crippen LogP contribution in [0.4, 0.5) is 10.2 Å². The van der Waals surface area contributed by atoms with Crippen LogP contribution in [0.15, 0.2) is 30.5 Å². The molecule has 2 N–H and O–H groups in total. The summed E-state index contributed by atoms with van der Waals surface area (Å²) in [6.07, 6.45) is 1.50. The zero-order chi connectivity index (χ0) is 11.5. The van der Waals surface area contributed by atoms with Gasteiger partial charge in [0.2, 0.25) is 0 Å². The Morgan fingerprint density at radius 3 is 2.88 bits per heavy atom. The summed E-state index contributed by atoms with van der Waals surface area (Å²) in [5.74, 6) is -0.579. The zero-order valence-corrected chi connectivity index (χ0v) is 8.62. The molecule has 1 aromatic carbocycles. The molecule has 82 valence electrons. The van der Waals surface area contributed by atoms with Gasteiger partial charge in [-0.1, -0.05) is 12.1 Å². The highest BCUT2D eigenvalue weighted by atomic mass is 19.1. The largest absolute Gasteiger partial charge is 0.307 e. The Hall–Kier alpha value is -2.17. The molecule has 1 aromatic heterocycles. The molecule has 2 aromatic rings. The van der Waals surface area contributed by atoms with Gasteiger partial charge in [-0.05, 0) is 18.6 Å². The van der Waals surface area contributed by atoms with Gasteiger partial charge in [-0.3, -0.25) is 9.89 Å². The summed E-state index contributed by atoms with van der Waals surface area (Å²) in [7, 11) is 0. The molecule has 0 bridgehead atoms. The number of nitrogens with one attached hydrogen (secondary N) is 2. The highest BCUT2D eigenvalue weighted by Crippen LogP contribution is 2.14. The Kier molecular flexibility index (Phi) is 2.68. The predicted octanol–water partition coefficient (Wildman–Crippen LogP) is 2.11. The van der Waals surface area contributed by atoms with E-state index in [2.05, 4.69) is 15.5 Å². The maximum atomic E-state index is 13.4. The summed E-state index contributed by atoms with van der Waals surface area (Å²) in [5.41, 5.74) is 0.647. The lowest BCUT2D eigenvalue weighted by Gasteiger charge is -2.06. The van der Waals surface area contributed by atoms with Crippen LogP contribution in [0.25, 0.3) is 0 Å². The number of benzene rings is 1. The van der Waals surface area contributed by atoms with Gasteiger partial charge in [-0.25, -0.2) is 4.39 Å². The number of aromatic nitrogens is 2. The number of nitrogens with zero attached hydrogens (tertiary/aromatic N) is 1. The molecular formula is C11H10FN3O. The minimum atomic E-state index is -0.531. The van der Waals surface area contributed by atoms with Crippen LogP contribution in [-0.4, -0.2) is 16.1 Å². The summed E-state index contributed by atoms with van der Waals surface area (Å²) in [5, 5.41) is 8.78. The molecular weight excluding hydrogens is 209 g/mol. The molecule has 0 saturated heterocycles. The van der Waals surface area contributed by atoms with Crippen molar-refractivity contribution in [2.75, 3.05) is 5.32 Å². The van der Waals surface area contributed by atoms with E-state index >= 15 is 0 Å². The van der Waals surface area contributed by atoms with Crippen molar-refractivity contribution in [3.63, 3.8) is 0 Å². The molecule has 4 nitrogen and oxygen atoms in total. The zero-order valence-electron chi connectivity index (χ0n) is 8.62. The van der Waals surface area contributed by atoms with E-state index in [1.54, 1.807) is 25.1 Å². The lowest BCUT2D eigenvalue weighted by Crippen LogP contribution is -2.15. The highest BCUT2D eigenvalue weighted by Gasteiger charge is 2.14. The molecule has 16 heavy (non-hydrogen) atoms. The number of aromatic amines is 1. The molecule has 1 heterocycles. The lowest BCUT2D eigenvalue weighted by atomic mass is 10.1. The second-order valence-corrected chi connectivity index (χ2v) is 3.36. The fraction of sp³-hybridized carbons (Fsp3) is 0.0909. The molecule has 5 heteroatoms. The average Bonchev–Trinajstić information content (AvgIpc) is 2.70. The van der Waals surface area contributed by atoms with Crippen LogP contribution >= 0.6 is 0 Å². The van der Waals surface area contributed by atoms with E-state index in [-0.39, 0.29) is 5.56 Å². The third-order valence-corrected chi connectivity index (χ3v) is 2.20. The van der Waals surface area contributed by atoms with Crippen LogP contribution in [0.3, 0.4) is 0 Å². The van der Waals surface area contributed by atoms with E-state index in [0.29, 0.717) is 11.4 Å². The van der Waals surface area contributed by atoms with Crippen molar-refractivity contribution in [2.24, 2.45) is 0 Å². The first-order chi connectivity index (χ1) is 7.68. The van der Waals surface area contributed by atoms with Crippen molar-refractivity contribution in [3.8, 4) is 0 Å². The maximum absolute atomic E-state index is 13.4. The Labute approximate surface area is 91.5 Å². The lowest BCUT2D eigenvalue weighted by molar-refractivity contribution is 0.102. The Morgan fingerprint density at radius 2 is 2.25 bits per heavy atom. The fourth-order valence-electron chi connectivity index (χ4n) is 1.43. The van der Waals surface area contributed by atoms with Crippen LogP contribution in [0.5, 0.6) is 0 Å². The van der Waals surface area contributed by atoms with Crippen molar-refractivity contribution in [2.45, 2.75) is 6.92 Å². The standard InChI is InChI=1S/C11H10FN3O/c1-7-3-2-4-8(12)10(7)11(16)14-9-5-6-13-15-9/h2-6H,1H3,(H2,13,14,15,16). The Morgan fingerprint density at radius 1 is 1.44 bits per heavy atom. The van der Waals surface area contributed by atoms with Gasteiger partial charge in [0.15, 0.2) is 0 Å². The number of hydrogen-bond donors (Lipinski definition) is 2. The minimum absolute atomic E-state index is 0.0529. The van der Waals surface area contributed by atoms with Gasteiger partial charge in [0.25, 0.3) is 5.91 Å². The van der Waals surface area contributed by atoms with E-state index in [1.807, 2.05) is 0 Å². The van der Waals surface area contributed by atoms with Crippen LogP contribution in [0, 0.1) is 12.7 Å². The minimum Gasteiger partial charge on any atom is -0.307 e. The molecule has 1 amide bonds. The number of H-pyrrole nitrogens is 1. The monoisotopic (exact) mass is 219 g/mol. The molecule has 0 fully saturated rings. The van der Waals surface area contributed by atoms with Crippen LogP contribution in [-0.2, 0) is 0 Å². The van der Waals surface area contributed by atoms with Crippen molar-refractivity contribution in [1.82, 2.24) is 10.2 Å². The first-order valence-electron chi connectivity index (χ1n) is 4.74. The molecule has 2 rings (SSSR count). The van der Waals surface area contributed by atoms with E-state index in [0.717, 1.165) is 0 Å². The van der Waals surface area contributed by atoms with Gasteiger partial charge in [0, 0.05) is 6.07 Å². The molecule has 0 saturated carbocycles. The first-order valence-corrected chi connectivity index (χ1v) is 4.74. The van der Waals surface area contributed by atoms with Gasteiger partial charge >= 0.3 is 0 Å². The number of halogens is 1. The molecule has 0 aliphatic rings. The van der Waals surface area contributed by atoms with Gasteiger partial charge in [0.1, 0.15) is 11.6 Å².